The molecule has 2 unspecified atom stereocenters. The van der Waals surface area contributed by atoms with E-state index in [1.54, 1.807) is 0 Å². The first-order chi connectivity index (χ1) is 9.79. The summed E-state index contributed by atoms with van der Waals surface area (Å²) in [5, 5.41) is 3.05. The fraction of sp³-hybridized carbons (Fsp3) is 0.611. The average Bonchev–Trinajstić information content (AvgIpc) is 2.44. The molecule has 0 aromatic heterocycles. The van der Waals surface area contributed by atoms with E-state index in [-0.39, 0.29) is 17.4 Å². The molecule has 2 atom stereocenters. The smallest absolute Gasteiger partial charge is 0.237 e. The molecule has 0 fully saturated rings. The van der Waals surface area contributed by atoms with Gasteiger partial charge in [-0.1, -0.05) is 39.0 Å². The average molecular weight is 288 g/mol. The van der Waals surface area contributed by atoms with Crippen LogP contribution in [-0.2, 0) is 17.6 Å². The number of hydrogen-bond acceptors (Lipinski definition) is 2. The normalized spacial score (nSPS) is 17.8. The maximum absolute atomic E-state index is 12.2. The quantitative estimate of drug-likeness (QED) is 0.898. The topological polar surface area (TPSA) is 55.1 Å². The lowest BCUT2D eigenvalue weighted by Gasteiger charge is -2.28. The number of aryl methyl sites for hydroxylation is 2. The zero-order chi connectivity index (χ0) is 15.6. The SMILES string of the molecule is CC(NC(=O)C(N)C(C)(C)C)c1ccc2c(c1)CCCC2. The molecule has 116 valence electrons. The summed E-state index contributed by atoms with van der Waals surface area (Å²) in [5.74, 6) is -0.0762. The van der Waals surface area contributed by atoms with Crippen LogP contribution >= 0.6 is 0 Å². The predicted molar refractivity (Wildman–Crippen MR) is 87.1 cm³/mol. The van der Waals surface area contributed by atoms with Crippen LogP contribution in [0.15, 0.2) is 18.2 Å². The van der Waals surface area contributed by atoms with Gasteiger partial charge >= 0.3 is 0 Å². The minimum absolute atomic E-state index is 0.00173. The highest BCUT2D eigenvalue weighted by molar-refractivity contribution is 5.82. The van der Waals surface area contributed by atoms with Gasteiger partial charge in [-0.3, -0.25) is 4.79 Å². The van der Waals surface area contributed by atoms with Crippen molar-refractivity contribution in [3.63, 3.8) is 0 Å². The van der Waals surface area contributed by atoms with Crippen LogP contribution in [0.2, 0.25) is 0 Å². The van der Waals surface area contributed by atoms with Gasteiger partial charge in [0.1, 0.15) is 0 Å². The molecule has 3 nitrogen and oxygen atoms in total. The van der Waals surface area contributed by atoms with E-state index in [4.69, 9.17) is 5.73 Å². The molecule has 0 radical (unpaired) electrons. The summed E-state index contributed by atoms with van der Waals surface area (Å²) in [5.41, 5.74) is 9.88. The maximum Gasteiger partial charge on any atom is 0.237 e. The van der Waals surface area contributed by atoms with E-state index in [1.165, 1.54) is 36.0 Å². The summed E-state index contributed by atoms with van der Waals surface area (Å²) in [6.07, 6.45) is 4.90. The van der Waals surface area contributed by atoms with E-state index in [2.05, 4.69) is 23.5 Å². The summed E-state index contributed by atoms with van der Waals surface area (Å²) in [6, 6.07) is 6.12. The second-order valence-electron chi connectivity index (χ2n) is 7.31. The largest absolute Gasteiger partial charge is 0.348 e. The minimum Gasteiger partial charge on any atom is -0.348 e. The van der Waals surface area contributed by atoms with Crippen molar-refractivity contribution in [3.8, 4) is 0 Å². The first kappa shape index (κ1) is 16.0. The predicted octanol–water partition coefficient (Wildman–Crippen LogP) is 3.12. The Labute approximate surface area is 128 Å². The molecular formula is C18H28N2O. The highest BCUT2D eigenvalue weighted by atomic mass is 16.2. The van der Waals surface area contributed by atoms with Gasteiger partial charge in [-0.15, -0.1) is 0 Å². The van der Waals surface area contributed by atoms with Gasteiger partial charge in [0.15, 0.2) is 0 Å². The van der Waals surface area contributed by atoms with E-state index >= 15 is 0 Å². The van der Waals surface area contributed by atoms with Crippen LogP contribution in [0.3, 0.4) is 0 Å². The lowest BCUT2D eigenvalue weighted by atomic mass is 9.86. The molecular weight excluding hydrogens is 260 g/mol. The number of hydrogen-bond donors (Lipinski definition) is 2. The Morgan fingerprint density at radius 2 is 1.81 bits per heavy atom. The van der Waals surface area contributed by atoms with E-state index in [0.29, 0.717) is 0 Å². The Morgan fingerprint density at radius 3 is 2.43 bits per heavy atom. The molecule has 1 aliphatic carbocycles. The molecule has 0 saturated carbocycles. The van der Waals surface area contributed by atoms with Gasteiger partial charge in [0, 0.05) is 0 Å². The molecule has 3 N–H and O–H groups in total. The minimum atomic E-state index is -0.488. The Morgan fingerprint density at radius 1 is 1.19 bits per heavy atom. The van der Waals surface area contributed by atoms with Gasteiger partial charge in [-0.2, -0.15) is 0 Å². The number of rotatable bonds is 3. The van der Waals surface area contributed by atoms with Crippen LogP contribution in [-0.4, -0.2) is 11.9 Å². The van der Waals surface area contributed by atoms with E-state index < -0.39 is 6.04 Å². The van der Waals surface area contributed by atoms with Crippen molar-refractivity contribution in [1.29, 1.82) is 0 Å². The highest BCUT2D eigenvalue weighted by Crippen LogP contribution is 2.25. The van der Waals surface area contributed by atoms with Gasteiger partial charge in [0.25, 0.3) is 0 Å². The fourth-order valence-electron chi connectivity index (χ4n) is 2.80. The number of amides is 1. The number of carbonyl (C=O) groups is 1. The summed E-state index contributed by atoms with van der Waals surface area (Å²) >= 11 is 0. The van der Waals surface area contributed by atoms with Crippen molar-refractivity contribution < 1.29 is 4.79 Å². The third-order valence-corrected chi connectivity index (χ3v) is 4.45. The number of nitrogens with two attached hydrogens (primary N) is 1. The van der Waals surface area contributed by atoms with E-state index in [1.807, 2.05) is 27.7 Å². The van der Waals surface area contributed by atoms with Gasteiger partial charge < -0.3 is 11.1 Å². The molecule has 0 saturated heterocycles. The van der Waals surface area contributed by atoms with Crippen molar-refractivity contribution in [1.82, 2.24) is 5.32 Å². The molecule has 0 spiro atoms. The van der Waals surface area contributed by atoms with Crippen LogP contribution in [0.4, 0.5) is 0 Å². The molecule has 1 aromatic rings. The zero-order valence-corrected chi connectivity index (χ0v) is 13.7. The van der Waals surface area contributed by atoms with Crippen LogP contribution in [0.1, 0.15) is 63.3 Å². The first-order valence-corrected chi connectivity index (χ1v) is 7.96. The monoisotopic (exact) mass is 288 g/mol. The van der Waals surface area contributed by atoms with Crippen molar-refractivity contribution >= 4 is 5.91 Å². The second kappa shape index (κ2) is 6.18. The van der Waals surface area contributed by atoms with Crippen LogP contribution in [0.5, 0.6) is 0 Å². The van der Waals surface area contributed by atoms with Gasteiger partial charge in [0.05, 0.1) is 12.1 Å². The van der Waals surface area contributed by atoms with Crippen molar-refractivity contribution in [2.45, 2.75) is 65.5 Å². The van der Waals surface area contributed by atoms with E-state index in [9.17, 15) is 4.79 Å². The molecule has 0 heterocycles. The lowest BCUT2D eigenvalue weighted by molar-refractivity contribution is -0.125. The standard InChI is InChI=1S/C18H28N2O/c1-12(20-17(21)16(19)18(2,3)4)14-10-9-13-7-5-6-8-15(13)11-14/h9-12,16H,5-8,19H2,1-4H3,(H,20,21). The first-order valence-electron chi connectivity index (χ1n) is 7.96. The Hall–Kier alpha value is -1.35. The summed E-state index contributed by atoms with van der Waals surface area (Å²) < 4.78 is 0. The third-order valence-electron chi connectivity index (χ3n) is 4.45. The molecule has 1 amide bonds. The maximum atomic E-state index is 12.2. The van der Waals surface area contributed by atoms with Gasteiger partial charge in [-0.25, -0.2) is 0 Å². The molecule has 2 rings (SSSR count). The zero-order valence-electron chi connectivity index (χ0n) is 13.7. The molecule has 3 heteroatoms. The highest BCUT2D eigenvalue weighted by Gasteiger charge is 2.28. The Kier molecular flexibility index (Phi) is 4.72. The summed E-state index contributed by atoms with van der Waals surface area (Å²) in [7, 11) is 0. The number of benzene rings is 1. The number of fused-ring (bicyclic) bond motifs is 1. The summed E-state index contributed by atoms with van der Waals surface area (Å²) in [6.45, 7) is 7.99. The number of carbonyl (C=O) groups excluding carboxylic acids is 1. The van der Waals surface area contributed by atoms with Crippen LogP contribution in [0, 0.1) is 5.41 Å². The lowest BCUT2D eigenvalue weighted by Crippen LogP contribution is -2.49. The van der Waals surface area contributed by atoms with Crippen molar-refractivity contribution in [3.05, 3.63) is 34.9 Å². The van der Waals surface area contributed by atoms with Gasteiger partial charge in [0.2, 0.25) is 5.91 Å². The molecule has 0 aliphatic heterocycles. The molecule has 1 aliphatic rings. The van der Waals surface area contributed by atoms with E-state index in [0.717, 1.165) is 6.42 Å². The Bertz CT molecular complexity index is 516. The number of nitrogens with one attached hydrogen (secondary N) is 1. The Balaban J connectivity index is 2.07. The third kappa shape index (κ3) is 3.85. The molecule has 1 aromatic carbocycles. The van der Waals surface area contributed by atoms with Gasteiger partial charge in [-0.05, 0) is 54.7 Å². The summed E-state index contributed by atoms with van der Waals surface area (Å²) in [4.78, 5) is 12.2. The van der Waals surface area contributed by atoms with Crippen LogP contribution in [0.25, 0.3) is 0 Å². The molecule has 0 bridgehead atoms. The molecule has 21 heavy (non-hydrogen) atoms. The second-order valence-corrected chi connectivity index (χ2v) is 7.31. The van der Waals surface area contributed by atoms with Crippen molar-refractivity contribution in [2.75, 3.05) is 0 Å². The van der Waals surface area contributed by atoms with Crippen molar-refractivity contribution in [2.24, 2.45) is 11.1 Å². The fourth-order valence-corrected chi connectivity index (χ4v) is 2.80. The van der Waals surface area contributed by atoms with Crippen LogP contribution < -0.4 is 11.1 Å².